The molecule has 0 radical (unpaired) electrons. The minimum atomic E-state index is -0.891. The number of nitrogens with one attached hydrogen (secondary N) is 1. The average Bonchev–Trinajstić information content (AvgIpc) is 2.87. The molecule has 1 atom stereocenters. The monoisotopic (exact) mass is 281 g/mol. The number of hydrogen-bond acceptors (Lipinski definition) is 4. The molecular weight excluding hydrogens is 264 g/mol. The lowest BCUT2D eigenvalue weighted by Crippen LogP contribution is -2.30. The summed E-state index contributed by atoms with van der Waals surface area (Å²) in [5, 5.41) is 4.12. The fourth-order valence-corrected chi connectivity index (χ4v) is 2.03. The van der Waals surface area contributed by atoms with E-state index >= 15 is 0 Å². The van der Waals surface area contributed by atoms with E-state index in [1.54, 1.807) is 4.68 Å². The molecule has 5 nitrogen and oxygen atoms in total. The lowest BCUT2D eigenvalue weighted by molar-refractivity contribution is 0.483. The van der Waals surface area contributed by atoms with Crippen molar-refractivity contribution in [3.8, 4) is 0 Å². The lowest BCUT2D eigenvalue weighted by Gasteiger charge is -2.16. The molecule has 2 rings (SSSR count). The molecule has 0 bridgehead atoms. The van der Waals surface area contributed by atoms with Crippen molar-refractivity contribution in [2.45, 2.75) is 32.4 Å². The molecule has 2 aromatic rings. The molecule has 20 heavy (non-hydrogen) atoms. The first-order chi connectivity index (χ1) is 9.65. The third-order valence-electron chi connectivity index (χ3n) is 3.07. The normalized spacial score (nSPS) is 12.6. The largest absolute Gasteiger partial charge is 0.271 e. The third-order valence-corrected chi connectivity index (χ3v) is 3.07. The Kier molecular flexibility index (Phi) is 4.75. The van der Waals surface area contributed by atoms with Gasteiger partial charge in [0.05, 0.1) is 6.04 Å². The minimum Gasteiger partial charge on any atom is -0.271 e. The Balaban J connectivity index is 2.19. The molecule has 1 heterocycles. The van der Waals surface area contributed by atoms with Crippen LogP contribution < -0.4 is 11.3 Å². The van der Waals surface area contributed by atoms with E-state index in [-0.39, 0.29) is 6.04 Å². The van der Waals surface area contributed by atoms with Crippen LogP contribution in [0.3, 0.4) is 0 Å². The minimum absolute atomic E-state index is 0.357. The number of nitrogens with zero attached hydrogens (tertiary/aromatic N) is 3. The predicted molar refractivity (Wildman–Crippen MR) is 70.4 cm³/mol. The molecule has 0 amide bonds. The number of rotatable bonds is 6. The maximum Gasteiger partial charge on any atom is 0.159 e. The van der Waals surface area contributed by atoms with Crippen LogP contribution in [0.4, 0.5) is 8.78 Å². The van der Waals surface area contributed by atoms with E-state index in [9.17, 15) is 8.78 Å². The van der Waals surface area contributed by atoms with Crippen molar-refractivity contribution < 1.29 is 8.78 Å². The van der Waals surface area contributed by atoms with Crippen LogP contribution in [0.5, 0.6) is 0 Å². The van der Waals surface area contributed by atoms with Crippen LogP contribution in [0.25, 0.3) is 0 Å². The van der Waals surface area contributed by atoms with Crippen LogP contribution in [-0.2, 0) is 13.0 Å². The van der Waals surface area contributed by atoms with E-state index in [0.29, 0.717) is 12.0 Å². The van der Waals surface area contributed by atoms with Gasteiger partial charge in [-0.15, -0.1) is 0 Å². The molecule has 0 saturated heterocycles. The summed E-state index contributed by atoms with van der Waals surface area (Å²) in [4.78, 5) is 4.18. The van der Waals surface area contributed by atoms with E-state index in [4.69, 9.17) is 5.84 Å². The van der Waals surface area contributed by atoms with Crippen LogP contribution >= 0.6 is 0 Å². The predicted octanol–water partition coefficient (Wildman–Crippen LogP) is 1.71. The van der Waals surface area contributed by atoms with E-state index in [1.807, 2.05) is 6.92 Å². The Hall–Kier alpha value is -1.86. The van der Waals surface area contributed by atoms with E-state index < -0.39 is 11.6 Å². The van der Waals surface area contributed by atoms with Gasteiger partial charge in [0.15, 0.2) is 11.6 Å². The first-order valence-electron chi connectivity index (χ1n) is 6.43. The molecule has 0 spiro atoms. The van der Waals surface area contributed by atoms with Crippen LogP contribution in [0.15, 0.2) is 24.5 Å². The molecule has 0 aliphatic rings. The van der Waals surface area contributed by atoms with Crippen LogP contribution in [0.1, 0.15) is 30.8 Å². The Morgan fingerprint density at radius 2 is 2.15 bits per heavy atom. The summed E-state index contributed by atoms with van der Waals surface area (Å²) in [5.41, 5.74) is 3.17. The lowest BCUT2D eigenvalue weighted by atomic mass is 10.0. The smallest absolute Gasteiger partial charge is 0.159 e. The van der Waals surface area contributed by atoms with Gasteiger partial charge in [0.2, 0.25) is 0 Å². The highest BCUT2D eigenvalue weighted by atomic mass is 19.2. The van der Waals surface area contributed by atoms with Gasteiger partial charge in [-0.2, -0.15) is 5.10 Å². The van der Waals surface area contributed by atoms with Crippen LogP contribution in [0.2, 0.25) is 0 Å². The first kappa shape index (κ1) is 14.5. The van der Waals surface area contributed by atoms with Crippen molar-refractivity contribution in [2.75, 3.05) is 0 Å². The van der Waals surface area contributed by atoms with Gasteiger partial charge in [0, 0.05) is 13.0 Å². The Morgan fingerprint density at radius 1 is 1.35 bits per heavy atom. The van der Waals surface area contributed by atoms with Gasteiger partial charge in [-0.3, -0.25) is 16.0 Å². The van der Waals surface area contributed by atoms with Gasteiger partial charge in [0.25, 0.3) is 0 Å². The second kappa shape index (κ2) is 6.53. The molecule has 1 aromatic carbocycles. The Morgan fingerprint density at radius 3 is 2.80 bits per heavy atom. The van der Waals surface area contributed by atoms with Gasteiger partial charge in [-0.1, -0.05) is 13.0 Å². The zero-order valence-electron chi connectivity index (χ0n) is 11.2. The van der Waals surface area contributed by atoms with Gasteiger partial charge < -0.3 is 0 Å². The fourth-order valence-electron chi connectivity index (χ4n) is 2.03. The second-order valence-electron chi connectivity index (χ2n) is 4.50. The highest BCUT2D eigenvalue weighted by molar-refractivity contribution is 5.22. The molecule has 0 aliphatic carbocycles. The number of benzene rings is 1. The van der Waals surface area contributed by atoms with Crippen LogP contribution in [0, 0.1) is 11.6 Å². The maximum atomic E-state index is 13.3. The highest BCUT2D eigenvalue weighted by Gasteiger charge is 2.16. The maximum absolute atomic E-state index is 13.3. The SMILES string of the molecule is CCCn1ncnc1CC(NN)c1ccc(F)c(F)c1. The van der Waals surface area contributed by atoms with Crippen molar-refractivity contribution in [1.82, 2.24) is 20.2 Å². The summed E-state index contributed by atoms with van der Waals surface area (Å²) in [5.74, 6) is 4.49. The fraction of sp³-hybridized carbons (Fsp3) is 0.385. The van der Waals surface area contributed by atoms with Crippen LogP contribution in [-0.4, -0.2) is 14.8 Å². The molecule has 0 fully saturated rings. The number of aryl methyl sites for hydroxylation is 1. The summed E-state index contributed by atoms with van der Waals surface area (Å²) in [6.45, 7) is 2.80. The van der Waals surface area contributed by atoms with Gasteiger partial charge in [0.1, 0.15) is 12.2 Å². The number of halogens is 2. The molecular formula is C13H17F2N5. The molecule has 3 N–H and O–H groups in total. The van der Waals surface area contributed by atoms with E-state index in [0.717, 1.165) is 30.9 Å². The van der Waals surface area contributed by atoms with Gasteiger partial charge in [-0.05, 0) is 24.1 Å². The summed E-state index contributed by atoms with van der Waals surface area (Å²) < 4.78 is 28.0. The Labute approximate surface area is 115 Å². The number of nitrogens with two attached hydrogens (primary N) is 1. The summed E-state index contributed by atoms with van der Waals surface area (Å²) in [6, 6.07) is 3.38. The summed E-state index contributed by atoms with van der Waals surface area (Å²) in [6.07, 6.45) is 2.85. The zero-order chi connectivity index (χ0) is 14.5. The molecule has 7 heteroatoms. The van der Waals surface area contributed by atoms with Crippen molar-refractivity contribution >= 4 is 0 Å². The van der Waals surface area contributed by atoms with Crippen molar-refractivity contribution in [2.24, 2.45) is 5.84 Å². The number of hydrogen-bond donors (Lipinski definition) is 2. The quantitative estimate of drug-likeness (QED) is 0.625. The summed E-state index contributed by atoms with van der Waals surface area (Å²) >= 11 is 0. The molecule has 1 unspecified atom stereocenters. The van der Waals surface area contributed by atoms with Crippen molar-refractivity contribution in [3.05, 3.63) is 47.5 Å². The van der Waals surface area contributed by atoms with E-state index in [1.165, 1.54) is 12.4 Å². The first-order valence-corrected chi connectivity index (χ1v) is 6.43. The van der Waals surface area contributed by atoms with E-state index in [2.05, 4.69) is 15.5 Å². The molecule has 1 aromatic heterocycles. The third kappa shape index (κ3) is 3.17. The molecule has 0 aliphatic heterocycles. The Bertz CT molecular complexity index is 570. The topological polar surface area (TPSA) is 68.8 Å². The van der Waals surface area contributed by atoms with Crippen molar-refractivity contribution in [1.29, 1.82) is 0 Å². The second-order valence-corrected chi connectivity index (χ2v) is 4.50. The van der Waals surface area contributed by atoms with Gasteiger partial charge in [-0.25, -0.2) is 13.8 Å². The van der Waals surface area contributed by atoms with Crippen molar-refractivity contribution in [3.63, 3.8) is 0 Å². The molecule has 0 saturated carbocycles. The number of hydrazine groups is 1. The molecule has 108 valence electrons. The zero-order valence-corrected chi connectivity index (χ0v) is 11.2. The number of aromatic nitrogens is 3. The standard InChI is InChI=1S/C13H17F2N5/c1-2-5-20-13(17-8-18-20)7-12(19-16)9-3-4-10(14)11(15)6-9/h3-4,6,8,12,19H,2,5,7,16H2,1H3. The average molecular weight is 281 g/mol. The van der Waals surface area contributed by atoms with Gasteiger partial charge >= 0.3 is 0 Å². The highest BCUT2D eigenvalue weighted by Crippen LogP contribution is 2.19. The summed E-state index contributed by atoms with van der Waals surface area (Å²) in [7, 11) is 0.